The predicted molar refractivity (Wildman–Crippen MR) is 85.8 cm³/mol. The van der Waals surface area contributed by atoms with Crippen molar-refractivity contribution in [3.63, 3.8) is 0 Å². The normalized spacial score (nSPS) is 16.0. The maximum absolute atomic E-state index is 12.5. The summed E-state index contributed by atoms with van der Waals surface area (Å²) in [5.41, 5.74) is 1.99. The first-order valence-electron chi connectivity index (χ1n) is 7.34. The van der Waals surface area contributed by atoms with E-state index in [0.29, 0.717) is 16.5 Å². The van der Waals surface area contributed by atoms with E-state index in [1.165, 1.54) is 5.56 Å². The fraction of sp³-hybridized carbons (Fsp3) is 0.278. The lowest BCUT2D eigenvalue weighted by molar-refractivity contribution is 0.0713. The van der Waals surface area contributed by atoms with Crippen molar-refractivity contribution < 1.29 is 4.79 Å². The molecule has 1 amide bonds. The van der Waals surface area contributed by atoms with Gasteiger partial charge in [0, 0.05) is 13.1 Å². The summed E-state index contributed by atoms with van der Waals surface area (Å²) < 4.78 is 0. The quantitative estimate of drug-likeness (QED) is 0.807. The summed E-state index contributed by atoms with van der Waals surface area (Å²) in [6.07, 6.45) is 2.03. The van der Waals surface area contributed by atoms with Gasteiger partial charge in [-0.1, -0.05) is 54.1 Å². The molecule has 1 fully saturated rings. The number of likely N-dealkylation sites (tertiary alicyclic amines) is 1. The Morgan fingerprint density at radius 1 is 0.952 bits per heavy atom. The highest BCUT2D eigenvalue weighted by molar-refractivity contribution is 6.33. The molecule has 1 aliphatic heterocycles. The number of carbonyl (C=O) groups is 1. The van der Waals surface area contributed by atoms with E-state index < -0.39 is 0 Å². The highest BCUT2D eigenvalue weighted by Crippen LogP contribution is 2.29. The van der Waals surface area contributed by atoms with Crippen LogP contribution in [-0.4, -0.2) is 23.9 Å². The molecule has 0 atom stereocenters. The van der Waals surface area contributed by atoms with Crippen LogP contribution in [0.25, 0.3) is 0 Å². The van der Waals surface area contributed by atoms with Crippen LogP contribution in [0.3, 0.4) is 0 Å². The molecular weight excluding hydrogens is 282 g/mol. The van der Waals surface area contributed by atoms with Crippen LogP contribution in [0.5, 0.6) is 0 Å². The first-order chi connectivity index (χ1) is 10.3. The Morgan fingerprint density at radius 2 is 1.57 bits per heavy atom. The molecule has 1 aliphatic rings. The first kappa shape index (κ1) is 14.2. The average Bonchev–Trinajstić information content (AvgIpc) is 2.56. The molecule has 3 heteroatoms. The second kappa shape index (κ2) is 6.31. The van der Waals surface area contributed by atoms with Crippen LogP contribution >= 0.6 is 11.6 Å². The lowest BCUT2D eigenvalue weighted by Gasteiger charge is -2.32. The van der Waals surface area contributed by atoms with Gasteiger partial charge in [-0.2, -0.15) is 0 Å². The van der Waals surface area contributed by atoms with Crippen LogP contribution < -0.4 is 0 Å². The van der Waals surface area contributed by atoms with Gasteiger partial charge >= 0.3 is 0 Å². The lowest BCUT2D eigenvalue weighted by Crippen LogP contribution is -2.38. The van der Waals surface area contributed by atoms with E-state index in [9.17, 15) is 4.79 Å². The van der Waals surface area contributed by atoms with Crippen LogP contribution in [0.1, 0.15) is 34.7 Å². The number of halogens is 1. The Kier molecular flexibility index (Phi) is 4.26. The second-order valence-corrected chi connectivity index (χ2v) is 5.86. The number of hydrogen-bond donors (Lipinski definition) is 0. The van der Waals surface area contributed by atoms with Crippen molar-refractivity contribution in [3.05, 3.63) is 70.7 Å². The third-order valence-electron chi connectivity index (χ3n) is 4.16. The summed E-state index contributed by atoms with van der Waals surface area (Å²) in [6, 6.07) is 17.8. The third kappa shape index (κ3) is 3.11. The molecule has 1 saturated heterocycles. The average molecular weight is 300 g/mol. The van der Waals surface area contributed by atoms with E-state index >= 15 is 0 Å². The van der Waals surface area contributed by atoms with Crippen LogP contribution in [0.2, 0.25) is 5.02 Å². The molecule has 0 saturated carbocycles. The Morgan fingerprint density at radius 3 is 2.24 bits per heavy atom. The Hall–Kier alpha value is -1.80. The van der Waals surface area contributed by atoms with Crippen molar-refractivity contribution in [1.29, 1.82) is 0 Å². The molecule has 1 heterocycles. The zero-order chi connectivity index (χ0) is 14.7. The van der Waals surface area contributed by atoms with Crippen LogP contribution in [0.15, 0.2) is 54.6 Å². The van der Waals surface area contributed by atoms with Gasteiger partial charge in [0.1, 0.15) is 0 Å². The highest BCUT2D eigenvalue weighted by atomic mass is 35.5. The van der Waals surface area contributed by atoms with Crippen molar-refractivity contribution in [3.8, 4) is 0 Å². The molecule has 0 spiro atoms. The number of piperidine rings is 1. The van der Waals surface area contributed by atoms with Crippen LogP contribution in [0, 0.1) is 0 Å². The molecule has 21 heavy (non-hydrogen) atoms. The lowest BCUT2D eigenvalue weighted by atomic mass is 9.89. The van der Waals surface area contributed by atoms with Crippen molar-refractivity contribution in [1.82, 2.24) is 4.90 Å². The largest absolute Gasteiger partial charge is 0.339 e. The summed E-state index contributed by atoms with van der Waals surface area (Å²) in [5, 5.41) is 0.535. The molecular formula is C18H18ClNO. The fourth-order valence-electron chi connectivity index (χ4n) is 2.95. The number of amides is 1. The van der Waals surface area contributed by atoms with Gasteiger partial charge in [0.15, 0.2) is 0 Å². The topological polar surface area (TPSA) is 20.3 Å². The molecule has 0 bridgehead atoms. The highest BCUT2D eigenvalue weighted by Gasteiger charge is 2.25. The Bertz CT molecular complexity index is 618. The Labute approximate surface area is 130 Å². The molecule has 0 aromatic heterocycles. The minimum Gasteiger partial charge on any atom is -0.339 e. The minimum absolute atomic E-state index is 0.0483. The zero-order valence-corrected chi connectivity index (χ0v) is 12.6. The molecule has 2 aromatic carbocycles. The number of rotatable bonds is 2. The van der Waals surface area contributed by atoms with Gasteiger partial charge in [0.05, 0.1) is 10.6 Å². The van der Waals surface area contributed by atoms with E-state index in [4.69, 9.17) is 11.6 Å². The molecule has 2 aromatic rings. The van der Waals surface area contributed by atoms with Gasteiger partial charge in [-0.3, -0.25) is 4.79 Å². The summed E-state index contributed by atoms with van der Waals surface area (Å²) in [4.78, 5) is 14.4. The molecule has 2 nitrogen and oxygen atoms in total. The molecule has 0 N–H and O–H groups in total. The summed E-state index contributed by atoms with van der Waals surface area (Å²) in [6.45, 7) is 1.59. The molecule has 3 rings (SSSR count). The number of carbonyl (C=O) groups excluding carboxylic acids is 1. The van der Waals surface area contributed by atoms with Gasteiger partial charge in [0.25, 0.3) is 5.91 Å². The van der Waals surface area contributed by atoms with Gasteiger partial charge < -0.3 is 4.90 Å². The van der Waals surface area contributed by atoms with Crippen molar-refractivity contribution in [2.24, 2.45) is 0 Å². The fourth-order valence-corrected chi connectivity index (χ4v) is 3.16. The van der Waals surface area contributed by atoms with Crippen LogP contribution in [-0.2, 0) is 0 Å². The van der Waals surface area contributed by atoms with E-state index in [0.717, 1.165) is 25.9 Å². The number of benzene rings is 2. The maximum Gasteiger partial charge on any atom is 0.255 e. The van der Waals surface area contributed by atoms with Gasteiger partial charge in [-0.25, -0.2) is 0 Å². The van der Waals surface area contributed by atoms with Gasteiger partial charge in [-0.15, -0.1) is 0 Å². The van der Waals surface area contributed by atoms with Crippen molar-refractivity contribution >= 4 is 17.5 Å². The minimum atomic E-state index is 0.0483. The van der Waals surface area contributed by atoms with Crippen molar-refractivity contribution in [2.75, 3.05) is 13.1 Å². The number of nitrogens with zero attached hydrogens (tertiary/aromatic N) is 1. The summed E-state index contributed by atoms with van der Waals surface area (Å²) in [5.74, 6) is 0.605. The molecule has 0 radical (unpaired) electrons. The van der Waals surface area contributed by atoms with Crippen LogP contribution in [0.4, 0.5) is 0 Å². The summed E-state index contributed by atoms with van der Waals surface area (Å²) in [7, 11) is 0. The van der Waals surface area contributed by atoms with Gasteiger partial charge in [0.2, 0.25) is 0 Å². The second-order valence-electron chi connectivity index (χ2n) is 5.46. The first-order valence-corrected chi connectivity index (χ1v) is 7.72. The van der Waals surface area contributed by atoms with E-state index in [2.05, 4.69) is 24.3 Å². The summed E-state index contributed by atoms with van der Waals surface area (Å²) >= 11 is 6.12. The SMILES string of the molecule is O=C(c1ccccc1Cl)N1CCC(c2ccccc2)CC1. The standard InChI is InChI=1S/C18H18ClNO/c19-17-9-5-4-8-16(17)18(21)20-12-10-15(11-13-20)14-6-2-1-3-7-14/h1-9,15H,10-13H2. The van der Waals surface area contributed by atoms with Gasteiger partial charge in [-0.05, 0) is 36.5 Å². The number of hydrogen-bond acceptors (Lipinski definition) is 1. The molecule has 0 aliphatic carbocycles. The molecule has 0 unspecified atom stereocenters. The molecule has 108 valence electrons. The van der Waals surface area contributed by atoms with E-state index in [-0.39, 0.29) is 5.91 Å². The maximum atomic E-state index is 12.5. The van der Waals surface area contributed by atoms with E-state index in [1.54, 1.807) is 12.1 Å². The zero-order valence-electron chi connectivity index (χ0n) is 11.8. The Balaban J connectivity index is 1.66. The monoisotopic (exact) mass is 299 g/mol. The van der Waals surface area contributed by atoms with Crippen molar-refractivity contribution in [2.45, 2.75) is 18.8 Å². The smallest absolute Gasteiger partial charge is 0.255 e. The predicted octanol–water partition coefficient (Wildman–Crippen LogP) is 4.36. The van der Waals surface area contributed by atoms with E-state index in [1.807, 2.05) is 23.1 Å². The third-order valence-corrected chi connectivity index (χ3v) is 4.49.